The minimum absolute atomic E-state index is 0.317. The van der Waals surface area contributed by atoms with E-state index in [1.807, 2.05) is 0 Å². The Bertz CT molecular complexity index is 128. The normalized spacial score (nSPS) is 23.3. The highest BCUT2D eigenvalue weighted by atomic mass is 15.3. The van der Waals surface area contributed by atoms with Crippen molar-refractivity contribution in [3.63, 3.8) is 0 Å². The molecule has 3 nitrogen and oxygen atoms in total. The highest BCUT2D eigenvalue weighted by Gasteiger charge is 2.16. The van der Waals surface area contributed by atoms with Gasteiger partial charge in [0.25, 0.3) is 0 Å². The van der Waals surface area contributed by atoms with E-state index in [1.165, 1.54) is 39.1 Å². The maximum Gasteiger partial charge on any atom is 0.0139 e. The largest absolute Gasteiger partial charge is 0.327 e. The summed E-state index contributed by atoms with van der Waals surface area (Å²) in [5.41, 5.74) is 5.76. The Labute approximate surface area is 81.9 Å². The van der Waals surface area contributed by atoms with Gasteiger partial charge >= 0.3 is 0 Å². The smallest absolute Gasteiger partial charge is 0.0139 e. The second-order valence-electron chi connectivity index (χ2n) is 4.12. The van der Waals surface area contributed by atoms with Crippen LogP contribution in [-0.4, -0.2) is 55.1 Å². The molecule has 0 aromatic rings. The summed E-state index contributed by atoms with van der Waals surface area (Å²) in [5, 5.41) is 0. The highest BCUT2D eigenvalue weighted by molar-refractivity contribution is 4.73. The van der Waals surface area contributed by atoms with Gasteiger partial charge in [0.05, 0.1) is 0 Å². The maximum atomic E-state index is 5.76. The molecule has 1 heterocycles. The molecule has 0 aromatic carbocycles. The molecule has 0 spiro atoms. The molecule has 1 unspecified atom stereocenters. The first kappa shape index (κ1) is 11.0. The summed E-state index contributed by atoms with van der Waals surface area (Å²) in [7, 11) is 0. The Balaban J connectivity index is 2.15. The Morgan fingerprint density at radius 3 is 2.15 bits per heavy atom. The van der Waals surface area contributed by atoms with E-state index in [9.17, 15) is 0 Å². The van der Waals surface area contributed by atoms with Gasteiger partial charge in [-0.15, -0.1) is 0 Å². The van der Waals surface area contributed by atoms with Crippen LogP contribution in [0.3, 0.4) is 0 Å². The zero-order chi connectivity index (χ0) is 9.68. The average Bonchev–Trinajstić information content (AvgIpc) is 2.08. The molecule has 1 saturated heterocycles. The second-order valence-corrected chi connectivity index (χ2v) is 4.12. The van der Waals surface area contributed by atoms with Gasteiger partial charge in [-0.2, -0.15) is 0 Å². The fourth-order valence-electron chi connectivity index (χ4n) is 1.92. The number of rotatable bonds is 4. The van der Waals surface area contributed by atoms with Gasteiger partial charge in [0.2, 0.25) is 0 Å². The van der Waals surface area contributed by atoms with Gasteiger partial charge in [0.15, 0.2) is 0 Å². The molecule has 0 amide bonds. The molecule has 0 aliphatic carbocycles. The Morgan fingerprint density at radius 1 is 1.15 bits per heavy atom. The van der Waals surface area contributed by atoms with E-state index in [2.05, 4.69) is 23.6 Å². The molecule has 2 N–H and O–H groups in total. The van der Waals surface area contributed by atoms with Crippen molar-refractivity contribution in [2.75, 3.05) is 39.3 Å². The minimum Gasteiger partial charge on any atom is -0.327 e. The summed E-state index contributed by atoms with van der Waals surface area (Å²) < 4.78 is 0. The van der Waals surface area contributed by atoms with E-state index in [4.69, 9.17) is 5.73 Å². The summed E-state index contributed by atoms with van der Waals surface area (Å²) in [6.07, 6.45) is 1.27. The van der Waals surface area contributed by atoms with E-state index in [0.717, 1.165) is 6.54 Å². The van der Waals surface area contributed by atoms with E-state index >= 15 is 0 Å². The van der Waals surface area contributed by atoms with E-state index in [-0.39, 0.29) is 0 Å². The summed E-state index contributed by atoms with van der Waals surface area (Å²) >= 11 is 0. The molecule has 1 aliphatic heterocycles. The topological polar surface area (TPSA) is 32.5 Å². The SMILES string of the molecule is CCCN1CCN(CC(C)N)CC1. The summed E-state index contributed by atoms with van der Waals surface area (Å²) in [6, 6.07) is 0.317. The quantitative estimate of drug-likeness (QED) is 0.686. The molecular formula is C10H23N3. The lowest BCUT2D eigenvalue weighted by Gasteiger charge is -2.35. The van der Waals surface area contributed by atoms with E-state index in [1.54, 1.807) is 0 Å². The van der Waals surface area contributed by atoms with Crippen LogP contribution in [0.25, 0.3) is 0 Å². The number of hydrogen-bond donors (Lipinski definition) is 1. The summed E-state index contributed by atoms with van der Waals surface area (Å²) in [5.74, 6) is 0. The molecule has 13 heavy (non-hydrogen) atoms. The van der Waals surface area contributed by atoms with Crippen LogP contribution < -0.4 is 5.73 Å². The van der Waals surface area contributed by atoms with E-state index < -0.39 is 0 Å². The van der Waals surface area contributed by atoms with Gasteiger partial charge in [-0.3, -0.25) is 4.90 Å². The molecule has 1 aliphatic rings. The predicted molar refractivity (Wildman–Crippen MR) is 56.8 cm³/mol. The second kappa shape index (κ2) is 5.58. The molecule has 0 saturated carbocycles. The van der Waals surface area contributed by atoms with Crippen molar-refractivity contribution in [2.45, 2.75) is 26.3 Å². The van der Waals surface area contributed by atoms with Crippen LogP contribution in [0.5, 0.6) is 0 Å². The van der Waals surface area contributed by atoms with Crippen molar-refractivity contribution in [3.05, 3.63) is 0 Å². The van der Waals surface area contributed by atoms with Crippen molar-refractivity contribution < 1.29 is 0 Å². The number of nitrogens with two attached hydrogens (primary N) is 1. The van der Waals surface area contributed by atoms with Gasteiger partial charge in [-0.25, -0.2) is 0 Å². The zero-order valence-electron chi connectivity index (χ0n) is 9.00. The third-order valence-corrected chi connectivity index (χ3v) is 2.55. The third-order valence-electron chi connectivity index (χ3n) is 2.55. The number of hydrogen-bond acceptors (Lipinski definition) is 3. The van der Waals surface area contributed by atoms with Gasteiger partial charge in [-0.05, 0) is 19.9 Å². The lowest BCUT2D eigenvalue weighted by molar-refractivity contribution is 0.129. The first-order chi connectivity index (χ1) is 6.22. The molecule has 0 aromatic heterocycles. The van der Waals surface area contributed by atoms with Crippen molar-refractivity contribution in [3.8, 4) is 0 Å². The van der Waals surface area contributed by atoms with Gasteiger partial charge in [-0.1, -0.05) is 6.92 Å². The zero-order valence-corrected chi connectivity index (χ0v) is 9.00. The van der Waals surface area contributed by atoms with Crippen LogP contribution >= 0.6 is 0 Å². The van der Waals surface area contributed by atoms with E-state index in [0.29, 0.717) is 6.04 Å². The van der Waals surface area contributed by atoms with Crippen LogP contribution in [0.4, 0.5) is 0 Å². The van der Waals surface area contributed by atoms with Crippen molar-refractivity contribution >= 4 is 0 Å². The first-order valence-electron chi connectivity index (χ1n) is 5.42. The van der Waals surface area contributed by atoms with Crippen LogP contribution in [0.2, 0.25) is 0 Å². The molecule has 0 radical (unpaired) electrons. The predicted octanol–water partition coefficient (Wildman–Crippen LogP) is 0.361. The minimum atomic E-state index is 0.317. The van der Waals surface area contributed by atoms with Crippen molar-refractivity contribution in [2.24, 2.45) is 5.73 Å². The molecule has 1 rings (SSSR count). The maximum absolute atomic E-state index is 5.76. The van der Waals surface area contributed by atoms with Crippen LogP contribution in [0.15, 0.2) is 0 Å². The van der Waals surface area contributed by atoms with Crippen LogP contribution in [-0.2, 0) is 0 Å². The molecule has 3 heteroatoms. The standard InChI is InChI=1S/C10H23N3/c1-3-4-12-5-7-13(8-6-12)9-10(2)11/h10H,3-9,11H2,1-2H3. The average molecular weight is 185 g/mol. The van der Waals surface area contributed by atoms with Gasteiger partial charge in [0.1, 0.15) is 0 Å². The van der Waals surface area contributed by atoms with Crippen LogP contribution in [0, 0.1) is 0 Å². The first-order valence-corrected chi connectivity index (χ1v) is 5.42. The Kier molecular flexibility index (Phi) is 4.70. The lowest BCUT2D eigenvalue weighted by Crippen LogP contribution is -2.49. The molecule has 78 valence electrons. The lowest BCUT2D eigenvalue weighted by atomic mass is 10.2. The molecule has 1 fully saturated rings. The summed E-state index contributed by atoms with van der Waals surface area (Å²) in [4.78, 5) is 5.01. The van der Waals surface area contributed by atoms with Crippen LogP contribution in [0.1, 0.15) is 20.3 Å². The van der Waals surface area contributed by atoms with Gasteiger partial charge < -0.3 is 10.6 Å². The molecule has 1 atom stereocenters. The fourth-order valence-corrected chi connectivity index (χ4v) is 1.92. The Hall–Kier alpha value is -0.120. The Morgan fingerprint density at radius 2 is 1.69 bits per heavy atom. The van der Waals surface area contributed by atoms with Gasteiger partial charge in [0, 0.05) is 38.8 Å². The monoisotopic (exact) mass is 185 g/mol. The van der Waals surface area contributed by atoms with Crippen molar-refractivity contribution in [1.82, 2.24) is 9.80 Å². The fraction of sp³-hybridized carbons (Fsp3) is 1.00. The highest BCUT2D eigenvalue weighted by Crippen LogP contribution is 2.02. The summed E-state index contributed by atoms with van der Waals surface area (Å²) in [6.45, 7) is 11.5. The molecular weight excluding hydrogens is 162 g/mol. The third kappa shape index (κ3) is 4.07. The molecule has 0 bridgehead atoms. The van der Waals surface area contributed by atoms with Crippen molar-refractivity contribution in [1.29, 1.82) is 0 Å². The number of nitrogens with zero attached hydrogens (tertiary/aromatic N) is 2. The number of piperazine rings is 1.